The summed E-state index contributed by atoms with van der Waals surface area (Å²) in [6, 6.07) is 22.8. The Morgan fingerprint density at radius 2 is 1.64 bits per heavy atom. The summed E-state index contributed by atoms with van der Waals surface area (Å²) in [6.07, 6.45) is 2.85. The van der Waals surface area contributed by atoms with Crippen molar-refractivity contribution in [2.75, 3.05) is 9.80 Å². The van der Waals surface area contributed by atoms with Crippen LogP contribution in [0.2, 0.25) is 0 Å². The van der Waals surface area contributed by atoms with Gasteiger partial charge in [-0.15, -0.1) is 0 Å². The van der Waals surface area contributed by atoms with Crippen molar-refractivity contribution in [2.24, 2.45) is 0 Å². The van der Waals surface area contributed by atoms with Gasteiger partial charge in [0.15, 0.2) is 0 Å². The van der Waals surface area contributed by atoms with Gasteiger partial charge in [0, 0.05) is 23.8 Å². The average molecular weight is 445 g/mol. The molecule has 1 heterocycles. The zero-order chi connectivity index (χ0) is 23.4. The lowest BCUT2D eigenvalue weighted by atomic mass is 9.89. The lowest BCUT2D eigenvalue weighted by molar-refractivity contribution is -0.119. The summed E-state index contributed by atoms with van der Waals surface area (Å²) in [5.74, 6) is -0.837. The number of carbonyl (C=O) groups excluding carboxylic acids is 2. The highest BCUT2D eigenvalue weighted by molar-refractivity contribution is 6.07. The van der Waals surface area contributed by atoms with E-state index in [9.17, 15) is 14.0 Å². The van der Waals surface area contributed by atoms with E-state index in [1.54, 1.807) is 17.0 Å². The molecular formula is C28H29FN2O2. The first-order chi connectivity index (χ1) is 16.0. The maximum absolute atomic E-state index is 14.6. The fourth-order valence-electron chi connectivity index (χ4n) is 4.65. The number of anilines is 2. The molecule has 0 N–H and O–H groups in total. The molecule has 1 aliphatic heterocycles. The van der Waals surface area contributed by atoms with Crippen molar-refractivity contribution in [3.63, 3.8) is 0 Å². The van der Waals surface area contributed by atoms with Crippen molar-refractivity contribution in [1.82, 2.24) is 0 Å². The van der Waals surface area contributed by atoms with Gasteiger partial charge in [-0.05, 0) is 55.7 Å². The maximum atomic E-state index is 14.6. The lowest BCUT2D eigenvalue weighted by Gasteiger charge is -2.43. The van der Waals surface area contributed by atoms with Gasteiger partial charge in [0.25, 0.3) is 5.91 Å². The maximum Gasteiger partial charge on any atom is 0.261 e. The van der Waals surface area contributed by atoms with Crippen LogP contribution in [0.5, 0.6) is 0 Å². The number of benzene rings is 3. The van der Waals surface area contributed by atoms with Crippen LogP contribution in [0, 0.1) is 5.82 Å². The Balaban J connectivity index is 1.81. The van der Waals surface area contributed by atoms with Gasteiger partial charge in [-0.1, -0.05) is 61.9 Å². The molecule has 2 amide bonds. The average Bonchev–Trinajstić information content (AvgIpc) is 2.83. The van der Waals surface area contributed by atoms with E-state index in [2.05, 4.69) is 6.92 Å². The van der Waals surface area contributed by atoms with Gasteiger partial charge >= 0.3 is 0 Å². The summed E-state index contributed by atoms with van der Waals surface area (Å²) in [7, 11) is 0. The molecule has 0 saturated heterocycles. The third-order valence-electron chi connectivity index (χ3n) is 6.24. The van der Waals surface area contributed by atoms with Crippen molar-refractivity contribution in [2.45, 2.75) is 51.6 Å². The lowest BCUT2D eigenvalue weighted by Crippen LogP contribution is -2.47. The highest BCUT2D eigenvalue weighted by Crippen LogP contribution is 2.43. The molecule has 0 saturated carbocycles. The minimum absolute atomic E-state index is 0.0351. The van der Waals surface area contributed by atoms with Crippen molar-refractivity contribution in [3.8, 4) is 0 Å². The Morgan fingerprint density at radius 1 is 0.970 bits per heavy atom. The molecule has 0 bridgehead atoms. The van der Waals surface area contributed by atoms with Crippen LogP contribution in [0.3, 0.4) is 0 Å². The molecule has 2 atom stereocenters. The van der Waals surface area contributed by atoms with E-state index in [1.807, 2.05) is 66.4 Å². The second-order valence-corrected chi connectivity index (χ2v) is 8.52. The van der Waals surface area contributed by atoms with E-state index >= 15 is 0 Å². The van der Waals surface area contributed by atoms with Gasteiger partial charge in [-0.25, -0.2) is 4.39 Å². The van der Waals surface area contributed by atoms with Gasteiger partial charge in [-0.3, -0.25) is 9.59 Å². The van der Waals surface area contributed by atoms with Crippen molar-refractivity contribution in [3.05, 3.63) is 95.8 Å². The number of para-hydroxylation sites is 2. The quantitative estimate of drug-likeness (QED) is 0.434. The van der Waals surface area contributed by atoms with Crippen LogP contribution in [-0.2, 0) is 4.79 Å². The van der Waals surface area contributed by atoms with Crippen LogP contribution < -0.4 is 9.80 Å². The third kappa shape index (κ3) is 4.54. The fourth-order valence-corrected chi connectivity index (χ4v) is 4.65. The number of rotatable bonds is 6. The number of halogens is 1. The number of unbranched alkanes of at least 4 members (excludes halogenated alkanes) is 1. The smallest absolute Gasteiger partial charge is 0.261 e. The molecule has 3 aromatic rings. The van der Waals surface area contributed by atoms with E-state index in [-0.39, 0.29) is 23.6 Å². The molecule has 33 heavy (non-hydrogen) atoms. The third-order valence-corrected chi connectivity index (χ3v) is 6.24. The molecule has 0 unspecified atom stereocenters. The molecule has 0 radical (unpaired) electrons. The van der Waals surface area contributed by atoms with Gasteiger partial charge < -0.3 is 9.80 Å². The first kappa shape index (κ1) is 22.7. The van der Waals surface area contributed by atoms with E-state index in [0.717, 1.165) is 24.1 Å². The van der Waals surface area contributed by atoms with E-state index in [1.165, 1.54) is 12.1 Å². The van der Waals surface area contributed by atoms with E-state index < -0.39 is 11.7 Å². The molecule has 0 aromatic heterocycles. The summed E-state index contributed by atoms with van der Waals surface area (Å²) in [6.45, 7) is 4.09. The summed E-state index contributed by atoms with van der Waals surface area (Å²) in [4.78, 5) is 30.4. The molecule has 0 spiro atoms. The monoisotopic (exact) mass is 444 g/mol. The summed E-state index contributed by atoms with van der Waals surface area (Å²) in [5, 5.41) is 0. The first-order valence-electron chi connectivity index (χ1n) is 11.6. The Bertz CT molecular complexity index is 1130. The highest BCUT2D eigenvalue weighted by Gasteiger charge is 2.38. The van der Waals surface area contributed by atoms with Gasteiger partial charge in [0.05, 0.1) is 11.6 Å². The molecule has 4 rings (SSSR count). The Kier molecular flexibility index (Phi) is 6.87. The van der Waals surface area contributed by atoms with Gasteiger partial charge in [-0.2, -0.15) is 0 Å². The largest absolute Gasteiger partial charge is 0.309 e. The second-order valence-electron chi connectivity index (χ2n) is 8.52. The fraction of sp³-hybridized carbons (Fsp3) is 0.286. The van der Waals surface area contributed by atoms with Crippen LogP contribution in [0.1, 0.15) is 61.5 Å². The van der Waals surface area contributed by atoms with Gasteiger partial charge in [0.1, 0.15) is 5.82 Å². The minimum Gasteiger partial charge on any atom is -0.309 e. The zero-order valence-electron chi connectivity index (χ0n) is 19.1. The van der Waals surface area contributed by atoms with Crippen LogP contribution in [0.4, 0.5) is 15.8 Å². The second kappa shape index (κ2) is 9.99. The number of hydrogen-bond acceptors (Lipinski definition) is 2. The Labute approximate surface area is 194 Å². The van der Waals surface area contributed by atoms with E-state index in [4.69, 9.17) is 0 Å². The zero-order valence-corrected chi connectivity index (χ0v) is 19.1. The van der Waals surface area contributed by atoms with Crippen molar-refractivity contribution >= 4 is 23.2 Å². The molecule has 0 fully saturated rings. The highest BCUT2D eigenvalue weighted by atomic mass is 19.1. The van der Waals surface area contributed by atoms with Crippen molar-refractivity contribution < 1.29 is 14.0 Å². The molecule has 170 valence electrons. The molecule has 3 aromatic carbocycles. The predicted octanol–water partition coefficient (Wildman–Crippen LogP) is 6.53. The van der Waals surface area contributed by atoms with E-state index in [0.29, 0.717) is 18.5 Å². The Hall–Kier alpha value is -3.47. The molecular weight excluding hydrogens is 415 g/mol. The van der Waals surface area contributed by atoms with Crippen molar-refractivity contribution in [1.29, 1.82) is 0 Å². The number of fused-ring (bicyclic) bond motifs is 1. The number of nitrogens with zero attached hydrogens (tertiary/aromatic N) is 2. The first-order valence-corrected chi connectivity index (χ1v) is 11.6. The van der Waals surface area contributed by atoms with Crippen LogP contribution in [0.25, 0.3) is 0 Å². The number of carbonyl (C=O) groups is 2. The topological polar surface area (TPSA) is 40.6 Å². The predicted molar refractivity (Wildman–Crippen MR) is 130 cm³/mol. The van der Waals surface area contributed by atoms with Crippen LogP contribution >= 0.6 is 0 Å². The molecule has 5 heteroatoms. The normalized spacial score (nSPS) is 17.4. The summed E-state index contributed by atoms with van der Waals surface area (Å²) in [5.41, 5.74) is 2.45. The number of hydrogen-bond donors (Lipinski definition) is 0. The number of amides is 2. The minimum atomic E-state index is -0.544. The molecule has 1 aliphatic rings. The Morgan fingerprint density at radius 3 is 2.36 bits per heavy atom. The summed E-state index contributed by atoms with van der Waals surface area (Å²) >= 11 is 0. The standard InChI is InChI=1S/C28H29FN2O2/c1-3-4-18-27(32)30-20(2)19-26(23-15-9-11-17-25(23)30)31(21-12-6-5-7-13-21)28(33)22-14-8-10-16-24(22)29/h5-17,20,26H,3-4,18-19H2,1-2H3/t20-,26-/m1/s1. The molecule has 0 aliphatic carbocycles. The van der Waals surface area contributed by atoms with Crippen LogP contribution in [-0.4, -0.2) is 17.9 Å². The van der Waals surface area contributed by atoms with Gasteiger partial charge in [0.2, 0.25) is 5.91 Å². The molecule has 4 nitrogen and oxygen atoms in total. The summed E-state index contributed by atoms with van der Waals surface area (Å²) < 4.78 is 14.6. The van der Waals surface area contributed by atoms with Crippen LogP contribution in [0.15, 0.2) is 78.9 Å². The SMILES string of the molecule is CCCCC(=O)N1c2ccccc2[C@H](N(C(=O)c2ccccc2F)c2ccccc2)C[C@H]1C.